The van der Waals surface area contributed by atoms with E-state index < -0.39 is 5.76 Å². The number of thioether (sulfide) groups is 2. The molecule has 3 aromatic rings. The Morgan fingerprint density at radius 1 is 1.00 bits per heavy atom. The molecule has 2 aromatic carbocycles. The Morgan fingerprint density at radius 2 is 1.73 bits per heavy atom. The summed E-state index contributed by atoms with van der Waals surface area (Å²) in [4.78, 5) is 15.3. The first-order chi connectivity index (χ1) is 16.1. The van der Waals surface area contributed by atoms with Crippen molar-refractivity contribution in [3.63, 3.8) is 0 Å². The van der Waals surface area contributed by atoms with Gasteiger partial charge in [-0.1, -0.05) is 60.3 Å². The maximum atomic E-state index is 12.8. The number of anilines is 1. The normalized spacial score (nSPS) is 14.5. The molecular weight excluding hydrogens is 464 g/mol. The topological polar surface area (TPSA) is 63.1 Å². The predicted octanol–water partition coefficient (Wildman–Crippen LogP) is 5.30. The van der Waals surface area contributed by atoms with Crippen LogP contribution in [0.4, 0.5) is 14.5 Å². The molecule has 2 heterocycles. The molecule has 33 heavy (non-hydrogen) atoms. The second kappa shape index (κ2) is 11.6. The van der Waals surface area contributed by atoms with Crippen molar-refractivity contribution >= 4 is 35.1 Å². The van der Waals surface area contributed by atoms with Crippen LogP contribution < -0.4 is 5.32 Å². The zero-order valence-corrected chi connectivity index (χ0v) is 19.6. The molecule has 1 aliphatic rings. The smallest absolute Gasteiger partial charge is 0.288 e. The van der Waals surface area contributed by atoms with E-state index in [0.717, 1.165) is 24.6 Å². The van der Waals surface area contributed by atoms with Gasteiger partial charge in [0.05, 0.1) is 18.0 Å². The fraction of sp³-hybridized carbons (Fsp3) is 0.348. The standard InChI is InChI=1S/C23H25F2N5OS2/c24-22(25)33-19-12-6-5-11-18(19)26-21(31)16-32-23-28-27-20(15-29-13-7-2-8-14-29)30(23)17-9-3-1-4-10-17/h1,3-6,9-12,22H,2,7-8,13-16H2,(H,26,31). The molecule has 0 saturated carbocycles. The zero-order valence-electron chi connectivity index (χ0n) is 18.0. The van der Waals surface area contributed by atoms with Crippen LogP contribution in [0.25, 0.3) is 5.69 Å². The summed E-state index contributed by atoms with van der Waals surface area (Å²) in [6.45, 7) is 2.79. The maximum absolute atomic E-state index is 12.8. The van der Waals surface area contributed by atoms with Gasteiger partial charge in [-0.3, -0.25) is 14.3 Å². The van der Waals surface area contributed by atoms with E-state index in [1.165, 1.54) is 31.0 Å². The number of hydrogen-bond donors (Lipinski definition) is 1. The van der Waals surface area contributed by atoms with Crippen molar-refractivity contribution < 1.29 is 13.6 Å². The summed E-state index contributed by atoms with van der Waals surface area (Å²) in [6.07, 6.45) is 3.64. The average molecular weight is 490 g/mol. The highest BCUT2D eigenvalue weighted by atomic mass is 32.2. The molecular formula is C23H25F2N5OS2. The molecule has 0 radical (unpaired) electrons. The first-order valence-corrected chi connectivity index (χ1v) is 12.7. The summed E-state index contributed by atoms with van der Waals surface area (Å²) in [5.74, 6) is -1.92. The van der Waals surface area contributed by atoms with Crippen molar-refractivity contribution in [2.45, 2.75) is 41.6 Å². The number of carbonyl (C=O) groups is 1. The van der Waals surface area contributed by atoms with Crippen LogP contribution in [-0.2, 0) is 11.3 Å². The molecule has 1 fully saturated rings. The lowest BCUT2D eigenvalue weighted by atomic mass is 10.1. The summed E-state index contributed by atoms with van der Waals surface area (Å²) in [7, 11) is 0. The van der Waals surface area contributed by atoms with Crippen molar-refractivity contribution in [2.75, 3.05) is 24.2 Å². The Balaban J connectivity index is 1.47. The Kier molecular flexibility index (Phi) is 8.35. The zero-order chi connectivity index (χ0) is 23.0. The Hall–Kier alpha value is -2.43. The van der Waals surface area contributed by atoms with Crippen molar-refractivity contribution in [1.29, 1.82) is 0 Å². The lowest BCUT2D eigenvalue weighted by molar-refractivity contribution is -0.113. The maximum Gasteiger partial charge on any atom is 0.288 e. The van der Waals surface area contributed by atoms with Crippen LogP contribution in [0.5, 0.6) is 0 Å². The van der Waals surface area contributed by atoms with Gasteiger partial charge in [0.15, 0.2) is 11.0 Å². The van der Waals surface area contributed by atoms with Gasteiger partial charge in [-0.15, -0.1) is 10.2 Å². The van der Waals surface area contributed by atoms with Crippen LogP contribution in [0.15, 0.2) is 64.6 Å². The van der Waals surface area contributed by atoms with Gasteiger partial charge in [-0.05, 0) is 50.2 Å². The first kappa shape index (κ1) is 23.7. The van der Waals surface area contributed by atoms with Crippen molar-refractivity contribution in [1.82, 2.24) is 19.7 Å². The van der Waals surface area contributed by atoms with Gasteiger partial charge in [-0.25, -0.2) is 0 Å². The molecule has 1 aliphatic heterocycles. The van der Waals surface area contributed by atoms with E-state index in [9.17, 15) is 13.6 Å². The van der Waals surface area contributed by atoms with Gasteiger partial charge in [-0.2, -0.15) is 8.78 Å². The molecule has 6 nitrogen and oxygen atoms in total. The number of aromatic nitrogens is 3. The Bertz CT molecular complexity index is 1060. The molecule has 4 rings (SSSR count). The first-order valence-electron chi connectivity index (χ1n) is 10.8. The lowest BCUT2D eigenvalue weighted by Crippen LogP contribution is -2.30. The van der Waals surface area contributed by atoms with E-state index in [1.54, 1.807) is 24.3 Å². The molecule has 1 amide bonds. The molecule has 10 heteroatoms. The summed E-state index contributed by atoms with van der Waals surface area (Å²) < 4.78 is 27.6. The minimum absolute atomic E-state index is 0.0857. The van der Waals surface area contributed by atoms with Gasteiger partial charge in [0.25, 0.3) is 5.76 Å². The molecule has 1 aromatic heterocycles. The highest BCUT2D eigenvalue weighted by Gasteiger charge is 2.20. The largest absolute Gasteiger partial charge is 0.324 e. The number of likely N-dealkylation sites (tertiary alicyclic amines) is 1. The van der Waals surface area contributed by atoms with Crippen LogP contribution in [0.1, 0.15) is 25.1 Å². The summed E-state index contributed by atoms with van der Waals surface area (Å²) >= 11 is 1.69. The second-order valence-electron chi connectivity index (χ2n) is 7.62. The Morgan fingerprint density at radius 3 is 2.48 bits per heavy atom. The highest BCUT2D eigenvalue weighted by molar-refractivity contribution is 8.00. The van der Waals surface area contributed by atoms with Crippen LogP contribution in [-0.4, -0.2) is 50.2 Å². The fourth-order valence-corrected chi connectivity index (χ4v) is 5.10. The molecule has 0 bridgehead atoms. The third kappa shape index (κ3) is 6.55. The number of hydrogen-bond acceptors (Lipinski definition) is 6. The fourth-order valence-electron chi connectivity index (χ4n) is 3.74. The molecule has 0 atom stereocenters. The monoisotopic (exact) mass is 489 g/mol. The number of amides is 1. The number of para-hydroxylation sites is 2. The van der Waals surface area contributed by atoms with Gasteiger partial charge < -0.3 is 5.32 Å². The second-order valence-corrected chi connectivity index (χ2v) is 9.59. The quantitative estimate of drug-likeness (QED) is 0.412. The highest BCUT2D eigenvalue weighted by Crippen LogP contribution is 2.32. The molecule has 1 saturated heterocycles. The molecule has 1 N–H and O–H groups in total. The number of rotatable bonds is 9. The van der Waals surface area contributed by atoms with E-state index >= 15 is 0 Å². The van der Waals surface area contributed by atoms with E-state index in [-0.39, 0.29) is 11.7 Å². The van der Waals surface area contributed by atoms with Gasteiger partial charge in [0.2, 0.25) is 5.91 Å². The molecule has 0 spiro atoms. The van der Waals surface area contributed by atoms with Crippen LogP contribution in [0.2, 0.25) is 0 Å². The number of piperidine rings is 1. The van der Waals surface area contributed by atoms with E-state index in [0.29, 0.717) is 34.0 Å². The summed E-state index contributed by atoms with van der Waals surface area (Å²) in [6, 6.07) is 16.4. The third-order valence-electron chi connectivity index (χ3n) is 5.24. The van der Waals surface area contributed by atoms with Crippen molar-refractivity contribution in [3.8, 4) is 5.69 Å². The third-order valence-corrected chi connectivity index (χ3v) is 6.96. The van der Waals surface area contributed by atoms with Crippen LogP contribution in [0, 0.1) is 0 Å². The lowest BCUT2D eigenvalue weighted by Gasteiger charge is -2.26. The van der Waals surface area contributed by atoms with Crippen LogP contribution >= 0.6 is 23.5 Å². The Labute approximate surface area is 200 Å². The van der Waals surface area contributed by atoms with Gasteiger partial charge in [0.1, 0.15) is 0 Å². The van der Waals surface area contributed by atoms with E-state index in [2.05, 4.69) is 20.4 Å². The van der Waals surface area contributed by atoms with Crippen molar-refractivity contribution in [3.05, 3.63) is 60.4 Å². The number of benzene rings is 2. The van der Waals surface area contributed by atoms with Gasteiger partial charge >= 0.3 is 0 Å². The molecule has 0 aliphatic carbocycles. The number of alkyl halides is 2. The van der Waals surface area contributed by atoms with Crippen molar-refractivity contribution in [2.24, 2.45) is 0 Å². The molecule has 0 unspecified atom stereocenters. The van der Waals surface area contributed by atoms with E-state index in [1.807, 2.05) is 34.9 Å². The number of carbonyl (C=O) groups excluding carboxylic acids is 1. The summed E-state index contributed by atoms with van der Waals surface area (Å²) in [5, 5.41) is 12.1. The molecule has 174 valence electrons. The number of nitrogens with zero attached hydrogens (tertiary/aromatic N) is 4. The minimum atomic E-state index is -2.56. The minimum Gasteiger partial charge on any atom is -0.324 e. The van der Waals surface area contributed by atoms with E-state index in [4.69, 9.17) is 0 Å². The van der Waals surface area contributed by atoms with Crippen LogP contribution in [0.3, 0.4) is 0 Å². The average Bonchev–Trinajstić information content (AvgIpc) is 3.22. The number of halogens is 2. The SMILES string of the molecule is O=C(CSc1nnc(CN2CCCCC2)n1-c1ccccc1)Nc1ccccc1SC(F)F. The summed E-state index contributed by atoms with van der Waals surface area (Å²) in [5.41, 5.74) is 1.32. The van der Waals surface area contributed by atoms with Gasteiger partial charge in [0, 0.05) is 10.6 Å². The predicted molar refractivity (Wildman–Crippen MR) is 128 cm³/mol. The number of nitrogens with one attached hydrogen (secondary N) is 1.